The van der Waals surface area contributed by atoms with E-state index in [0.717, 1.165) is 11.3 Å². The summed E-state index contributed by atoms with van der Waals surface area (Å²) in [4.78, 5) is 2.06. The van der Waals surface area contributed by atoms with Gasteiger partial charge in [-0.05, 0) is 24.3 Å². The molecule has 0 radical (unpaired) electrons. The Bertz CT molecular complexity index is 740. The Morgan fingerprint density at radius 1 is 1.00 bits per heavy atom. The quantitative estimate of drug-likeness (QED) is 0.722. The van der Waals surface area contributed by atoms with Crippen LogP contribution in [-0.4, -0.2) is 24.4 Å². The van der Waals surface area contributed by atoms with Gasteiger partial charge in [-0.25, -0.2) is 0 Å². The number of para-hydroxylation sites is 2. The Morgan fingerprint density at radius 3 is 2.50 bits per heavy atom. The fraction of sp³-hybridized carbons (Fsp3) is 0.176. The van der Waals surface area contributed by atoms with Crippen molar-refractivity contribution in [2.45, 2.75) is 6.54 Å². The predicted octanol–water partition coefficient (Wildman–Crippen LogP) is 3.38. The van der Waals surface area contributed by atoms with E-state index in [1.165, 1.54) is 0 Å². The van der Waals surface area contributed by atoms with Crippen LogP contribution in [0.4, 0.5) is 5.69 Å². The van der Waals surface area contributed by atoms with Gasteiger partial charge in [0.1, 0.15) is 5.75 Å². The molecule has 0 aliphatic rings. The highest BCUT2D eigenvalue weighted by molar-refractivity contribution is 5.62. The largest absolute Gasteiger partial charge is 0.496 e. The van der Waals surface area contributed by atoms with Gasteiger partial charge in [-0.2, -0.15) is 0 Å². The average Bonchev–Trinajstić information content (AvgIpc) is 3.04. The predicted molar refractivity (Wildman–Crippen MR) is 84.8 cm³/mol. The molecular formula is C17H17N3O2. The highest BCUT2D eigenvalue weighted by atomic mass is 16.5. The summed E-state index contributed by atoms with van der Waals surface area (Å²) in [6, 6.07) is 17.7. The van der Waals surface area contributed by atoms with Crippen molar-refractivity contribution in [1.29, 1.82) is 0 Å². The molecule has 3 rings (SSSR count). The molecule has 0 amide bonds. The molecule has 1 heterocycles. The van der Waals surface area contributed by atoms with Crippen LogP contribution in [0.15, 0.2) is 59.0 Å². The van der Waals surface area contributed by atoms with Crippen LogP contribution >= 0.6 is 0 Å². The van der Waals surface area contributed by atoms with Crippen molar-refractivity contribution in [3.63, 3.8) is 0 Å². The van der Waals surface area contributed by atoms with Gasteiger partial charge in [0.25, 0.3) is 5.89 Å². The first-order chi connectivity index (χ1) is 10.8. The summed E-state index contributed by atoms with van der Waals surface area (Å²) >= 11 is 0. The molecule has 1 aromatic heterocycles. The third-order valence-electron chi connectivity index (χ3n) is 3.37. The van der Waals surface area contributed by atoms with Crippen LogP contribution in [0.3, 0.4) is 0 Å². The Morgan fingerprint density at radius 2 is 1.73 bits per heavy atom. The van der Waals surface area contributed by atoms with Crippen molar-refractivity contribution in [2.75, 3.05) is 19.1 Å². The first kappa shape index (κ1) is 14.1. The molecule has 112 valence electrons. The van der Waals surface area contributed by atoms with Crippen molar-refractivity contribution >= 4 is 5.69 Å². The monoisotopic (exact) mass is 295 g/mol. The maximum Gasteiger partial charge on any atom is 0.251 e. The van der Waals surface area contributed by atoms with Crippen molar-refractivity contribution in [3.05, 3.63) is 60.5 Å². The van der Waals surface area contributed by atoms with E-state index in [1.807, 2.05) is 61.6 Å². The summed E-state index contributed by atoms with van der Waals surface area (Å²) < 4.78 is 11.1. The zero-order chi connectivity index (χ0) is 15.4. The smallest absolute Gasteiger partial charge is 0.251 e. The van der Waals surface area contributed by atoms with Gasteiger partial charge in [0.05, 0.1) is 19.2 Å². The molecule has 3 aromatic rings. The van der Waals surface area contributed by atoms with Crippen molar-refractivity contribution in [2.24, 2.45) is 0 Å². The molecule has 5 nitrogen and oxygen atoms in total. The number of hydrogen-bond donors (Lipinski definition) is 0. The lowest BCUT2D eigenvalue weighted by atomic mass is 10.2. The summed E-state index contributed by atoms with van der Waals surface area (Å²) in [7, 11) is 3.61. The summed E-state index contributed by atoms with van der Waals surface area (Å²) in [6.07, 6.45) is 0. The van der Waals surface area contributed by atoms with Gasteiger partial charge in [-0.15, -0.1) is 10.2 Å². The minimum atomic E-state index is 0.467. The van der Waals surface area contributed by atoms with Gasteiger partial charge in [-0.1, -0.05) is 30.3 Å². The second-order valence-corrected chi connectivity index (χ2v) is 4.89. The summed E-state index contributed by atoms with van der Waals surface area (Å²) in [5, 5.41) is 8.24. The average molecular weight is 295 g/mol. The molecule has 0 atom stereocenters. The van der Waals surface area contributed by atoms with Crippen LogP contribution in [0.5, 0.6) is 5.75 Å². The Balaban J connectivity index is 1.79. The van der Waals surface area contributed by atoms with Gasteiger partial charge < -0.3 is 14.1 Å². The van der Waals surface area contributed by atoms with E-state index < -0.39 is 0 Å². The number of nitrogens with zero attached hydrogens (tertiary/aromatic N) is 3. The maximum atomic E-state index is 5.76. The van der Waals surface area contributed by atoms with E-state index in [4.69, 9.17) is 9.15 Å². The van der Waals surface area contributed by atoms with Crippen molar-refractivity contribution < 1.29 is 9.15 Å². The standard InChI is InChI=1S/C17H17N3O2/c1-20(13-8-4-3-5-9-13)12-16-18-19-17(22-16)14-10-6-7-11-15(14)21-2/h3-11H,12H2,1-2H3. The van der Waals surface area contributed by atoms with E-state index in [2.05, 4.69) is 15.1 Å². The maximum absolute atomic E-state index is 5.76. The van der Waals surface area contributed by atoms with E-state index in [-0.39, 0.29) is 0 Å². The Kier molecular flexibility index (Phi) is 4.05. The van der Waals surface area contributed by atoms with Crippen LogP contribution in [-0.2, 0) is 6.54 Å². The van der Waals surface area contributed by atoms with Crippen LogP contribution in [0.1, 0.15) is 5.89 Å². The number of rotatable bonds is 5. The van der Waals surface area contributed by atoms with Gasteiger partial charge in [0.15, 0.2) is 0 Å². The molecular weight excluding hydrogens is 278 g/mol. The fourth-order valence-corrected chi connectivity index (χ4v) is 2.22. The molecule has 0 saturated heterocycles. The van der Waals surface area contributed by atoms with Crippen LogP contribution < -0.4 is 9.64 Å². The number of anilines is 1. The van der Waals surface area contributed by atoms with E-state index in [0.29, 0.717) is 24.1 Å². The van der Waals surface area contributed by atoms with Gasteiger partial charge in [-0.3, -0.25) is 0 Å². The lowest BCUT2D eigenvalue weighted by Crippen LogP contribution is -2.16. The minimum absolute atomic E-state index is 0.467. The van der Waals surface area contributed by atoms with Crippen LogP contribution in [0.25, 0.3) is 11.5 Å². The van der Waals surface area contributed by atoms with Crippen molar-refractivity contribution in [1.82, 2.24) is 10.2 Å². The zero-order valence-electron chi connectivity index (χ0n) is 12.6. The molecule has 0 aliphatic heterocycles. The molecule has 0 aliphatic carbocycles. The van der Waals surface area contributed by atoms with Gasteiger partial charge in [0, 0.05) is 12.7 Å². The second-order valence-electron chi connectivity index (χ2n) is 4.89. The first-order valence-electron chi connectivity index (χ1n) is 7.00. The van der Waals surface area contributed by atoms with Crippen LogP contribution in [0, 0.1) is 0 Å². The second kappa shape index (κ2) is 6.30. The SMILES string of the molecule is COc1ccccc1-c1nnc(CN(C)c2ccccc2)o1. The van der Waals surface area contributed by atoms with E-state index >= 15 is 0 Å². The first-order valence-corrected chi connectivity index (χ1v) is 7.00. The molecule has 22 heavy (non-hydrogen) atoms. The summed E-state index contributed by atoms with van der Waals surface area (Å²) in [6.45, 7) is 0.548. The third-order valence-corrected chi connectivity index (χ3v) is 3.37. The minimum Gasteiger partial charge on any atom is -0.496 e. The highest BCUT2D eigenvalue weighted by Crippen LogP contribution is 2.28. The number of ether oxygens (including phenoxy) is 1. The van der Waals surface area contributed by atoms with E-state index in [1.54, 1.807) is 7.11 Å². The molecule has 0 N–H and O–H groups in total. The van der Waals surface area contributed by atoms with E-state index in [9.17, 15) is 0 Å². The number of aromatic nitrogens is 2. The lowest BCUT2D eigenvalue weighted by molar-refractivity contribution is 0.413. The number of benzene rings is 2. The van der Waals surface area contributed by atoms with Crippen LogP contribution in [0.2, 0.25) is 0 Å². The highest BCUT2D eigenvalue weighted by Gasteiger charge is 2.14. The van der Waals surface area contributed by atoms with Gasteiger partial charge in [0.2, 0.25) is 5.89 Å². The summed E-state index contributed by atoms with van der Waals surface area (Å²) in [5.41, 5.74) is 1.89. The van der Waals surface area contributed by atoms with Gasteiger partial charge >= 0.3 is 0 Å². The Hall–Kier alpha value is -2.82. The topological polar surface area (TPSA) is 51.4 Å². The number of hydrogen-bond acceptors (Lipinski definition) is 5. The molecule has 5 heteroatoms. The molecule has 0 spiro atoms. The molecule has 0 bridgehead atoms. The molecule has 0 saturated carbocycles. The Labute approximate surface area is 129 Å². The molecule has 0 unspecified atom stereocenters. The molecule has 2 aromatic carbocycles. The third kappa shape index (κ3) is 2.93. The zero-order valence-corrected chi connectivity index (χ0v) is 12.6. The molecule has 0 fully saturated rings. The fourth-order valence-electron chi connectivity index (χ4n) is 2.22. The van der Waals surface area contributed by atoms with Crippen molar-refractivity contribution in [3.8, 4) is 17.2 Å². The lowest BCUT2D eigenvalue weighted by Gasteiger charge is -2.16. The normalized spacial score (nSPS) is 10.5. The number of methoxy groups -OCH3 is 1. The summed E-state index contributed by atoms with van der Waals surface area (Å²) in [5.74, 6) is 1.75.